The molecule has 0 N–H and O–H groups in total. The second-order valence-corrected chi connectivity index (χ2v) is 4.90. The lowest BCUT2D eigenvalue weighted by atomic mass is 10.3. The van der Waals surface area contributed by atoms with Gasteiger partial charge in [-0.3, -0.25) is 0 Å². The zero-order valence-electron chi connectivity index (χ0n) is 9.12. The molecule has 0 aliphatic heterocycles. The lowest BCUT2D eigenvalue weighted by Gasteiger charge is -2.22. The molecule has 0 heterocycles. The summed E-state index contributed by atoms with van der Waals surface area (Å²) in [6.45, 7) is 3.38. The minimum Gasteiger partial charge on any atom is -0.448 e. The molecule has 0 rings (SSSR count). The molecule has 0 aromatic carbocycles. The first kappa shape index (κ1) is 13.3. The van der Waals surface area contributed by atoms with Crippen LogP contribution in [0.15, 0.2) is 11.6 Å². The van der Waals surface area contributed by atoms with Gasteiger partial charge in [0.25, 0.3) is 0 Å². The summed E-state index contributed by atoms with van der Waals surface area (Å²) in [7, 11) is 0.868. The van der Waals surface area contributed by atoms with Gasteiger partial charge in [0.1, 0.15) is 0 Å². The van der Waals surface area contributed by atoms with Crippen molar-refractivity contribution < 1.29 is 22.5 Å². The highest BCUT2D eigenvalue weighted by Gasteiger charge is 2.47. The van der Waals surface area contributed by atoms with E-state index in [4.69, 9.17) is 17.7 Å². The van der Waals surface area contributed by atoms with Crippen molar-refractivity contribution in [3.05, 3.63) is 11.6 Å². The summed E-state index contributed by atoms with van der Waals surface area (Å²) in [6, 6.07) is 0. The summed E-state index contributed by atoms with van der Waals surface area (Å²) in [5.41, 5.74) is 0.480. The van der Waals surface area contributed by atoms with Crippen molar-refractivity contribution in [1.82, 2.24) is 0 Å². The van der Waals surface area contributed by atoms with E-state index in [1.807, 2.05) is 0 Å². The van der Waals surface area contributed by atoms with Crippen LogP contribution in [0.25, 0.3) is 0 Å². The third-order valence-corrected chi connectivity index (χ3v) is 3.66. The van der Waals surface area contributed by atoms with Gasteiger partial charge in [0, 0.05) is 26.9 Å². The van der Waals surface area contributed by atoms with Gasteiger partial charge in [0.05, 0.1) is 0 Å². The maximum atomic E-state index is 11.4. The van der Waals surface area contributed by atoms with Gasteiger partial charge in [-0.05, 0) is 13.8 Å². The van der Waals surface area contributed by atoms with Crippen molar-refractivity contribution in [3.63, 3.8) is 0 Å². The molecule has 0 radical (unpaired) electrons. The van der Waals surface area contributed by atoms with E-state index in [0.29, 0.717) is 5.57 Å². The zero-order chi connectivity index (χ0) is 11.2. The molecular weight excluding hydrogens is 204 g/mol. The minimum absolute atomic E-state index is 0.480. The molecule has 0 spiro atoms. The summed E-state index contributed by atoms with van der Waals surface area (Å²) in [4.78, 5) is 11.4. The van der Waals surface area contributed by atoms with E-state index in [9.17, 15) is 4.79 Å². The van der Waals surface area contributed by atoms with Crippen molar-refractivity contribution >= 4 is 15.0 Å². The van der Waals surface area contributed by atoms with Gasteiger partial charge in [-0.15, -0.1) is 0 Å². The van der Waals surface area contributed by atoms with E-state index in [1.54, 1.807) is 19.9 Å². The standard InChI is InChI=1S/C8H16O5Si/c1-6-7(2)8(9)13-14(10-3,11-4)12-5/h6H,1-5H3. The summed E-state index contributed by atoms with van der Waals surface area (Å²) >= 11 is 0. The summed E-state index contributed by atoms with van der Waals surface area (Å²) in [5.74, 6) is -0.496. The predicted octanol–water partition coefficient (Wildman–Crippen LogP) is 0.871. The van der Waals surface area contributed by atoms with Crippen molar-refractivity contribution in [2.24, 2.45) is 0 Å². The van der Waals surface area contributed by atoms with E-state index in [-0.39, 0.29) is 0 Å². The molecule has 0 aliphatic carbocycles. The zero-order valence-corrected chi connectivity index (χ0v) is 10.1. The highest BCUT2D eigenvalue weighted by molar-refractivity contribution is 6.55. The van der Waals surface area contributed by atoms with Crippen LogP contribution in [0.2, 0.25) is 0 Å². The molecule has 5 nitrogen and oxygen atoms in total. The third kappa shape index (κ3) is 3.22. The molecule has 82 valence electrons. The van der Waals surface area contributed by atoms with Crippen LogP contribution in [0.1, 0.15) is 13.8 Å². The first-order valence-corrected chi connectivity index (χ1v) is 5.70. The van der Waals surface area contributed by atoms with Gasteiger partial charge in [-0.2, -0.15) is 0 Å². The Bertz CT molecular complexity index is 214. The van der Waals surface area contributed by atoms with Crippen LogP contribution < -0.4 is 0 Å². The Morgan fingerprint density at radius 2 is 1.57 bits per heavy atom. The lowest BCUT2D eigenvalue weighted by Crippen LogP contribution is -2.48. The van der Waals surface area contributed by atoms with Crippen molar-refractivity contribution in [3.8, 4) is 0 Å². The summed E-state index contributed by atoms with van der Waals surface area (Å²) < 4.78 is 19.8. The molecule has 6 heteroatoms. The second-order valence-electron chi connectivity index (χ2n) is 2.47. The van der Waals surface area contributed by atoms with Gasteiger partial charge in [0.2, 0.25) is 0 Å². The number of hydrogen-bond acceptors (Lipinski definition) is 5. The maximum absolute atomic E-state index is 11.4. The largest absolute Gasteiger partial charge is 0.751 e. The second kappa shape index (κ2) is 5.92. The normalized spacial score (nSPS) is 12.8. The van der Waals surface area contributed by atoms with E-state index < -0.39 is 15.0 Å². The van der Waals surface area contributed by atoms with Gasteiger partial charge in [-0.25, -0.2) is 4.79 Å². The average molecular weight is 220 g/mol. The number of carbonyl (C=O) groups excluding carboxylic acids is 1. The fourth-order valence-electron chi connectivity index (χ4n) is 0.687. The summed E-state index contributed by atoms with van der Waals surface area (Å²) in [5, 5.41) is 0. The van der Waals surface area contributed by atoms with Crippen molar-refractivity contribution in [1.29, 1.82) is 0 Å². The lowest BCUT2D eigenvalue weighted by molar-refractivity contribution is -0.138. The molecule has 0 bridgehead atoms. The van der Waals surface area contributed by atoms with Gasteiger partial charge < -0.3 is 17.7 Å². The number of carbonyl (C=O) groups is 1. The highest BCUT2D eigenvalue weighted by Crippen LogP contribution is 2.10. The molecule has 0 aromatic rings. The molecule has 0 aliphatic rings. The smallest absolute Gasteiger partial charge is 0.448 e. The Hall–Kier alpha value is -0.693. The Labute approximate surface area is 85.1 Å². The monoisotopic (exact) mass is 220 g/mol. The topological polar surface area (TPSA) is 54.0 Å². The van der Waals surface area contributed by atoms with Crippen LogP contribution in [0.3, 0.4) is 0 Å². The minimum atomic E-state index is -3.25. The van der Waals surface area contributed by atoms with Gasteiger partial charge >= 0.3 is 15.0 Å². The van der Waals surface area contributed by atoms with Crippen LogP contribution in [0, 0.1) is 0 Å². The van der Waals surface area contributed by atoms with Crippen molar-refractivity contribution in [2.75, 3.05) is 21.3 Å². The third-order valence-electron chi connectivity index (χ3n) is 1.72. The summed E-state index contributed by atoms with van der Waals surface area (Å²) in [6.07, 6.45) is 1.64. The maximum Gasteiger partial charge on any atom is 0.751 e. The molecule has 0 saturated heterocycles. The van der Waals surface area contributed by atoms with Crippen LogP contribution in [0.4, 0.5) is 0 Å². The first-order valence-electron chi connectivity index (χ1n) is 4.07. The van der Waals surface area contributed by atoms with Crippen LogP contribution in [-0.4, -0.2) is 36.3 Å². The van der Waals surface area contributed by atoms with E-state index in [2.05, 4.69) is 0 Å². The van der Waals surface area contributed by atoms with Crippen LogP contribution >= 0.6 is 0 Å². The first-order chi connectivity index (χ1) is 6.55. The van der Waals surface area contributed by atoms with Crippen LogP contribution in [0.5, 0.6) is 0 Å². The van der Waals surface area contributed by atoms with E-state index in [0.717, 1.165) is 0 Å². The molecule has 14 heavy (non-hydrogen) atoms. The molecule has 0 aromatic heterocycles. The fourth-order valence-corrected chi connectivity index (χ4v) is 1.82. The van der Waals surface area contributed by atoms with Crippen molar-refractivity contribution in [2.45, 2.75) is 13.8 Å². The Balaban J connectivity index is 4.53. The van der Waals surface area contributed by atoms with Crippen LogP contribution in [-0.2, 0) is 22.5 Å². The number of allylic oxidation sites excluding steroid dienone is 1. The molecular formula is C8H16O5Si. The average Bonchev–Trinajstić information content (AvgIpc) is 2.24. The van der Waals surface area contributed by atoms with Gasteiger partial charge in [-0.1, -0.05) is 6.08 Å². The Kier molecular flexibility index (Phi) is 5.62. The molecule has 0 unspecified atom stereocenters. The van der Waals surface area contributed by atoms with E-state index in [1.165, 1.54) is 21.3 Å². The highest BCUT2D eigenvalue weighted by atomic mass is 28.4. The fraction of sp³-hybridized carbons (Fsp3) is 0.625. The SMILES string of the molecule is CC=C(C)C(=O)O[Si](OC)(OC)OC. The molecule has 0 fully saturated rings. The molecule has 0 saturated carbocycles. The van der Waals surface area contributed by atoms with E-state index >= 15 is 0 Å². The molecule has 0 atom stereocenters. The predicted molar refractivity (Wildman–Crippen MR) is 52.3 cm³/mol. The number of rotatable bonds is 5. The van der Waals surface area contributed by atoms with Gasteiger partial charge in [0.15, 0.2) is 0 Å². The Morgan fingerprint density at radius 3 is 1.86 bits per heavy atom. The number of hydrogen-bond donors (Lipinski definition) is 0. The Morgan fingerprint density at radius 1 is 1.14 bits per heavy atom. The quantitative estimate of drug-likeness (QED) is 0.508. The molecule has 0 amide bonds.